The van der Waals surface area contributed by atoms with E-state index in [2.05, 4.69) is 11.8 Å². The summed E-state index contributed by atoms with van der Waals surface area (Å²) in [7, 11) is 0. The lowest BCUT2D eigenvalue weighted by molar-refractivity contribution is -0.124. The van der Waals surface area contributed by atoms with Crippen molar-refractivity contribution in [1.29, 1.82) is 0 Å². The van der Waals surface area contributed by atoms with Crippen LogP contribution in [0.5, 0.6) is 0 Å². The van der Waals surface area contributed by atoms with Gasteiger partial charge < -0.3 is 16.2 Å². The van der Waals surface area contributed by atoms with E-state index in [4.69, 9.17) is 16.2 Å². The average Bonchev–Trinajstić information content (AvgIpc) is 2.17. The molecule has 1 amide bonds. The van der Waals surface area contributed by atoms with Crippen LogP contribution < -0.4 is 11.5 Å². The highest BCUT2D eigenvalue weighted by molar-refractivity contribution is 5.84. The molecule has 5 nitrogen and oxygen atoms in total. The fraction of sp³-hybridized carbons (Fsp3) is 0.900. The minimum atomic E-state index is -0.949. The molecule has 4 N–H and O–H groups in total. The Morgan fingerprint density at radius 3 is 2.87 bits per heavy atom. The Bertz CT molecular complexity index is 231. The molecule has 1 fully saturated rings. The number of hydrogen-bond acceptors (Lipinski definition) is 4. The summed E-state index contributed by atoms with van der Waals surface area (Å²) in [5.41, 5.74) is 10.1. The van der Waals surface area contributed by atoms with Gasteiger partial charge in [-0.1, -0.05) is 6.92 Å². The molecular formula is C10H21N3O2. The minimum Gasteiger partial charge on any atom is -0.376 e. The summed E-state index contributed by atoms with van der Waals surface area (Å²) in [5, 5.41) is 0. The van der Waals surface area contributed by atoms with Gasteiger partial charge in [-0.25, -0.2) is 0 Å². The third-order valence-corrected chi connectivity index (χ3v) is 2.79. The molecule has 1 heterocycles. The maximum absolute atomic E-state index is 11.1. The largest absolute Gasteiger partial charge is 0.376 e. The number of nitrogens with two attached hydrogens (primary N) is 2. The second-order valence-corrected chi connectivity index (χ2v) is 4.42. The van der Waals surface area contributed by atoms with E-state index in [1.807, 2.05) is 0 Å². The molecule has 0 bridgehead atoms. The van der Waals surface area contributed by atoms with E-state index < -0.39 is 11.4 Å². The molecule has 2 unspecified atom stereocenters. The molecule has 1 aliphatic heterocycles. The van der Waals surface area contributed by atoms with Gasteiger partial charge in [0.15, 0.2) is 0 Å². The summed E-state index contributed by atoms with van der Waals surface area (Å²) in [6.07, 6.45) is 1.23. The van der Waals surface area contributed by atoms with Crippen LogP contribution in [0, 0.1) is 0 Å². The number of carbonyl (C=O) groups excluding carboxylic acids is 1. The lowest BCUT2D eigenvalue weighted by atomic mass is 10.0. The molecule has 0 aromatic carbocycles. The van der Waals surface area contributed by atoms with E-state index in [9.17, 15) is 4.79 Å². The van der Waals surface area contributed by atoms with Crippen molar-refractivity contribution in [2.45, 2.75) is 31.9 Å². The van der Waals surface area contributed by atoms with Crippen LogP contribution in [-0.2, 0) is 9.53 Å². The van der Waals surface area contributed by atoms with Gasteiger partial charge in [-0.15, -0.1) is 0 Å². The molecule has 0 saturated carbocycles. The van der Waals surface area contributed by atoms with Gasteiger partial charge in [-0.3, -0.25) is 9.69 Å². The number of morpholine rings is 1. The fourth-order valence-electron chi connectivity index (χ4n) is 1.71. The summed E-state index contributed by atoms with van der Waals surface area (Å²) >= 11 is 0. The van der Waals surface area contributed by atoms with Gasteiger partial charge in [0, 0.05) is 19.6 Å². The smallest absolute Gasteiger partial charge is 0.238 e. The molecule has 1 rings (SSSR count). The number of primary amides is 1. The zero-order valence-corrected chi connectivity index (χ0v) is 9.53. The van der Waals surface area contributed by atoms with Crippen molar-refractivity contribution < 1.29 is 9.53 Å². The molecule has 0 spiro atoms. The van der Waals surface area contributed by atoms with Gasteiger partial charge in [0.25, 0.3) is 0 Å². The van der Waals surface area contributed by atoms with Crippen LogP contribution in [0.25, 0.3) is 0 Å². The predicted molar refractivity (Wildman–Crippen MR) is 58.3 cm³/mol. The SMILES string of the molecule is CCC1CN(CC(C)(N)C(N)=O)CCO1. The summed E-state index contributed by atoms with van der Waals surface area (Å²) in [4.78, 5) is 13.2. The molecule has 0 aromatic rings. The Labute approximate surface area is 90.7 Å². The topological polar surface area (TPSA) is 81.6 Å². The molecule has 88 valence electrons. The van der Waals surface area contributed by atoms with E-state index in [1.165, 1.54) is 0 Å². The Hall–Kier alpha value is -0.650. The van der Waals surface area contributed by atoms with Gasteiger partial charge in [0.2, 0.25) is 5.91 Å². The van der Waals surface area contributed by atoms with Crippen molar-refractivity contribution in [3.05, 3.63) is 0 Å². The van der Waals surface area contributed by atoms with Crippen molar-refractivity contribution in [2.75, 3.05) is 26.2 Å². The van der Waals surface area contributed by atoms with Gasteiger partial charge in [0.1, 0.15) is 5.54 Å². The van der Waals surface area contributed by atoms with Crippen LogP contribution in [0.1, 0.15) is 20.3 Å². The summed E-state index contributed by atoms with van der Waals surface area (Å²) < 4.78 is 5.53. The van der Waals surface area contributed by atoms with Crippen LogP contribution in [0.2, 0.25) is 0 Å². The number of amides is 1. The van der Waals surface area contributed by atoms with Crippen LogP contribution in [-0.4, -0.2) is 48.7 Å². The second kappa shape index (κ2) is 4.92. The Morgan fingerprint density at radius 1 is 1.67 bits per heavy atom. The van der Waals surface area contributed by atoms with Crippen molar-refractivity contribution in [1.82, 2.24) is 4.90 Å². The fourth-order valence-corrected chi connectivity index (χ4v) is 1.71. The van der Waals surface area contributed by atoms with Gasteiger partial charge in [-0.2, -0.15) is 0 Å². The first-order valence-corrected chi connectivity index (χ1v) is 5.38. The highest BCUT2D eigenvalue weighted by atomic mass is 16.5. The molecule has 0 radical (unpaired) electrons. The lowest BCUT2D eigenvalue weighted by Gasteiger charge is -2.36. The molecule has 2 atom stereocenters. The number of ether oxygens (including phenoxy) is 1. The number of carbonyl (C=O) groups is 1. The first-order chi connectivity index (χ1) is 6.95. The number of hydrogen-bond donors (Lipinski definition) is 2. The minimum absolute atomic E-state index is 0.252. The van der Waals surface area contributed by atoms with E-state index in [0.717, 1.165) is 19.5 Å². The zero-order valence-electron chi connectivity index (χ0n) is 9.53. The third-order valence-electron chi connectivity index (χ3n) is 2.79. The Balaban J connectivity index is 2.47. The van der Waals surface area contributed by atoms with Crippen molar-refractivity contribution >= 4 is 5.91 Å². The maximum Gasteiger partial charge on any atom is 0.238 e. The molecule has 0 aliphatic carbocycles. The molecule has 15 heavy (non-hydrogen) atoms. The number of rotatable bonds is 4. The quantitative estimate of drug-likeness (QED) is 0.649. The number of nitrogens with zero attached hydrogens (tertiary/aromatic N) is 1. The second-order valence-electron chi connectivity index (χ2n) is 4.42. The van der Waals surface area contributed by atoms with Crippen molar-refractivity contribution in [3.8, 4) is 0 Å². The van der Waals surface area contributed by atoms with Gasteiger partial charge in [-0.05, 0) is 13.3 Å². The molecule has 1 saturated heterocycles. The first kappa shape index (κ1) is 12.4. The predicted octanol–water partition coefficient (Wildman–Crippen LogP) is -0.700. The normalized spacial score (nSPS) is 27.3. The van der Waals surface area contributed by atoms with Crippen LogP contribution in [0.3, 0.4) is 0 Å². The van der Waals surface area contributed by atoms with Crippen molar-refractivity contribution in [2.24, 2.45) is 11.5 Å². The molecule has 0 aromatic heterocycles. The third kappa shape index (κ3) is 3.44. The average molecular weight is 215 g/mol. The molecule has 5 heteroatoms. The Morgan fingerprint density at radius 2 is 2.33 bits per heavy atom. The van der Waals surface area contributed by atoms with E-state index in [-0.39, 0.29) is 6.10 Å². The van der Waals surface area contributed by atoms with Gasteiger partial charge in [0.05, 0.1) is 12.7 Å². The maximum atomic E-state index is 11.1. The summed E-state index contributed by atoms with van der Waals surface area (Å²) in [5.74, 6) is -0.456. The van der Waals surface area contributed by atoms with Crippen molar-refractivity contribution in [3.63, 3.8) is 0 Å². The van der Waals surface area contributed by atoms with Crippen LogP contribution >= 0.6 is 0 Å². The van der Waals surface area contributed by atoms with E-state index >= 15 is 0 Å². The summed E-state index contributed by atoms with van der Waals surface area (Å²) in [6, 6.07) is 0. The standard InChI is InChI=1S/C10H21N3O2/c1-3-8-6-13(4-5-15-8)7-10(2,12)9(11)14/h8H,3-7,12H2,1-2H3,(H2,11,14). The lowest BCUT2D eigenvalue weighted by Crippen LogP contribution is -2.59. The first-order valence-electron chi connectivity index (χ1n) is 5.38. The van der Waals surface area contributed by atoms with Crippen LogP contribution in [0.15, 0.2) is 0 Å². The zero-order chi connectivity index (χ0) is 11.5. The monoisotopic (exact) mass is 215 g/mol. The van der Waals surface area contributed by atoms with E-state index in [1.54, 1.807) is 6.92 Å². The van der Waals surface area contributed by atoms with Crippen LogP contribution in [0.4, 0.5) is 0 Å². The molecule has 1 aliphatic rings. The molecular weight excluding hydrogens is 194 g/mol. The summed E-state index contributed by atoms with van der Waals surface area (Å²) in [6.45, 7) is 6.61. The van der Waals surface area contributed by atoms with E-state index in [0.29, 0.717) is 13.2 Å². The highest BCUT2D eigenvalue weighted by Crippen LogP contribution is 2.11. The highest BCUT2D eigenvalue weighted by Gasteiger charge is 2.30. The van der Waals surface area contributed by atoms with Gasteiger partial charge >= 0.3 is 0 Å². The Kier molecular flexibility index (Phi) is 4.07.